The van der Waals surface area contributed by atoms with Crippen LogP contribution in [0.5, 0.6) is 0 Å². The topological polar surface area (TPSA) is 46.5 Å². The van der Waals surface area contributed by atoms with Crippen molar-refractivity contribution in [2.24, 2.45) is 0 Å². The molecule has 31 heavy (non-hydrogen) atoms. The maximum atomic E-state index is 11.8. The van der Waals surface area contributed by atoms with Crippen LogP contribution in [0.1, 0.15) is 155 Å². The van der Waals surface area contributed by atoms with Gasteiger partial charge in [0.1, 0.15) is 0 Å². The summed E-state index contributed by atoms with van der Waals surface area (Å²) in [5.74, 6) is -0.243. The Bertz CT molecular complexity index is 392. The smallest absolute Gasteiger partial charge is 0.308 e. The van der Waals surface area contributed by atoms with Crippen molar-refractivity contribution < 1.29 is 14.6 Å². The molecule has 3 nitrogen and oxygen atoms in total. The van der Waals surface area contributed by atoms with E-state index in [1.54, 1.807) is 0 Å². The first kappa shape index (κ1) is 30.2. The number of hydrogen-bond acceptors (Lipinski definition) is 3. The van der Waals surface area contributed by atoms with E-state index >= 15 is 0 Å². The Labute approximate surface area is 194 Å². The molecule has 0 rings (SSSR count). The zero-order valence-electron chi connectivity index (χ0n) is 21.1. The fourth-order valence-electron chi connectivity index (χ4n) is 3.89. The SMILES string of the molecule is CCCCCCCC/C=C\CCCCCCCC(=O)OC(O)CCCCCCCCC. The molecule has 0 amide bonds. The van der Waals surface area contributed by atoms with Crippen molar-refractivity contribution in [3.8, 4) is 0 Å². The molecule has 0 saturated heterocycles. The number of carbonyl (C=O) groups excluding carboxylic acids is 1. The Morgan fingerprint density at radius 3 is 1.58 bits per heavy atom. The highest BCUT2D eigenvalue weighted by atomic mass is 16.6. The van der Waals surface area contributed by atoms with Crippen LogP contribution < -0.4 is 0 Å². The van der Waals surface area contributed by atoms with Gasteiger partial charge in [-0.1, -0.05) is 116 Å². The molecule has 0 heterocycles. The largest absolute Gasteiger partial charge is 0.436 e. The summed E-state index contributed by atoms with van der Waals surface area (Å²) < 4.78 is 5.12. The van der Waals surface area contributed by atoms with Gasteiger partial charge in [0.25, 0.3) is 0 Å². The minimum atomic E-state index is -0.911. The van der Waals surface area contributed by atoms with Crippen molar-refractivity contribution in [1.82, 2.24) is 0 Å². The summed E-state index contributed by atoms with van der Waals surface area (Å²) in [5.41, 5.74) is 0. The lowest BCUT2D eigenvalue weighted by molar-refractivity contribution is -0.168. The molecule has 0 aliphatic heterocycles. The molecule has 0 aromatic rings. The fourth-order valence-corrected chi connectivity index (χ4v) is 3.89. The number of esters is 1. The molecule has 184 valence electrons. The van der Waals surface area contributed by atoms with Gasteiger partial charge in [-0.15, -0.1) is 0 Å². The van der Waals surface area contributed by atoms with E-state index in [9.17, 15) is 9.90 Å². The third-order valence-electron chi connectivity index (χ3n) is 5.96. The van der Waals surface area contributed by atoms with Gasteiger partial charge in [-0.2, -0.15) is 0 Å². The number of carbonyl (C=O) groups is 1. The van der Waals surface area contributed by atoms with E-state index in [0.717, 1.165) is 25.7 Å². The minimum absolute atomic E-state index is 0.243. The first-order chi connectivity index (χ1) is 15.2. The lowest BCUT2D eigenvalue weighted by Crippen LogP contribution is -2.17. The Kier molecular flexibility index (Phi) is 24.7. The van der Waals surface area contributed by atoms with Gasteiger partial charge in [0, 0.05) is 12.8 Å². The number of aliphatic hydroxyl groups excluding tert-OH is 1. The molecule has 0 aromatic carbocycles. The number of ether oxygens (including phenoxy) is 1. The highest BCUT2D eigenvalue weighted by Crippen LogP contribution is 2.13. The third kappa shape index (κ3) is 25.3. The van der Waals surface area contributed by atoms with Crippen LogP contribution >= 0.6 is 0 Å². The number of allylic oxidation sites excluding steroid dienone is 2. The van der Waals surface area contributed by atoms with Crippen molar-refractivity contribution >= 4 is 5.97 Å². The minimum Gasteiger partial charge on any atom is -0.436 e. The first-order valence-corrected chi connectivity index (χ1v) is 13.7. The number of rotatable bonds is 24. The van der Waals surface area contributed by atoms with Crippen LogP contribution in [0.2, 0.25) is 0 Å². The highest BCUT2D eigenvalue weighted by Gasteiger charge is 2.10. The molecule has 1 unspecified atom stereocenters. The van der Waals surface area contributed by atoms with Crippen molar-refractivity contribution in [1.29, 1.82) is 0 Å². The maximum Gasteiger partial charge on any atom is 0.308 e. The molecule has 0 radical (unpaired) electrons. The zero-order valence-corrected chi connectivity index (χ0v) is 21.1. The van der Waals surface area contributed by atoms with E-state index in [2.05, 4.69) is 26.0 Å². The molecule has 0 aromatic heterocycles. The lowest BCUT2D eigenvalue weighted by atomic mass is 10.1. The van der Waals surface area contributed by atoms with Gasteiger partial charge in [-0.25, -0.2) is 0 Å². The molecule has 0 spiro atoms. The molecule has 0 fully saturated rings. The average molecular weight is 439 g/mol. The van der Waals surface area contributed by atoms with E-state index in [0.29, 0.717) is 12.8 Å². The molecule has 1 atom stereocenters. The van der Waals surface area contributed by atoms with Crippen LogP contribution in [0.3, 0.4) is 0 Å². The second-order valence-corrected chi connectivity index (χ2v) is 9.19. The molecule has 0 aliphatic carbocycles. The predicted octanol–water partition coefficient (Wildman–Crippen LogP) is 9.03. The Balaban J connectivity index is 3.33. The average Bonchev–Trinajstić information content (AvgIpc) is 2.75. The van der Waals surface area contributed by atoms with Crippen LogP contribution in [-0.4, -0.2) is 17.4 Å². The summed E-state index contributed by atoms with van der Waals surface area (Å²) in [6, 6.07) is 0. The third-order valence-corrected chi connectivity index (χ3v) is 5.96. The van der Waals surface area contributed by atoms with Gasteiger partial charge in [0.15, 0.2) is 0 Å². The van der Waals surface area contributed by atoms with Crippen LogP contribution in [0, 0.1) is 0 Å². The van der Waals surface area contributed by atoms with Gasteiger partial charge < -0.3 is 9.84 Å². The summed E-state index contributed by atoms with van der Waals surface area (Å²) in [6.07, 6.45) is 29.5. The summed E-state index contributed by atoms with van der Waals surface area (Å²) in [7, 11) is 0. The van der Waals surface area contributed by atoms with Gasteiger partial charge in [0.2, 0.25) is 6.29 Å². The molecular weight excluding hydrogens is 384 g/mol. The maximum absolute atomic E-state index is 11.8. The van der Waals surface area contributed by atoms with E-state index in [-0.39, 0.29) is 5.97 Å². The molecule has 3 heteroatoms. The standard InChI is InChI=1S/C28H54O3/c1-3-5-7-9-11-12-13-14-15-16-17-18-20-22-24-26-28(30)31-27(29)25-23-21-19-10-8-6-4-2/h14-15,27,29H,3-13,16-26H2,1-2H3/b15-14-. The van der Waals surface area contributed by atoms with Crippen LogP contribution in [0.25, 0.3) is 0 Å². The number of hydrogen-bond donors (Lipinski definition) is 1. The van der Waals surface area contributed by atoms with E-state index in [4.69, 9.17) is 4.74 Å². The zero-order chi connectivity index (χ0) is 22.8. The molecule has 1 N–H and O–H groups in total. The molecule has 0 saturated carbocycles. The normalized spacial score (nSPS) is 12.5. The van der Waals surface area contributed by atoms with Crippen LogP contribution in [0.4, 0.5) is 0 Å². The van der Waals surface area contributed by atoms with Gasteiger partial charge in [0.05, 0.1) is 0 Å². The number of aliphatic hydroxyl groups is 1. The molecular formula is C28H54O3. The first-order valence-electron chi connectivity index (χ1n) is 13.7. The van der Waals surface area contributed by atoms with Crippen molar-refractivity contribution in [3.63, 3.8) is 0 Å². The highest BCUT2D eigenvalue weighted by molar-refractivity contribution is 5.69. The predicted molar refractivity (Wildman–Crippen MR) is 134 cm³/mol. The lowest BCUT2D eigenvalue weighted by Gasteiger charge is -2.12. The summed E-state index contributed by atoms with van der Waals surface area (Å²) in [4.78, 5) is 11.8. The monoisotopic (exact) mass is 438 g/mol. The Morgan fingerprint density at radius 1 is 0.645 bits per heavy atom. The fraction of sp³-hybridized carbons (Fsp3) is 0.893. The second kappa shape index (κ2) is 25.4. The summed E-state index contributed by atoms with van der Waals surface area (Å²) >= 11 is 0. The second-order valence-electron chi connectivity index (χ2n) is 9.19. The number of unbranched alkanes of at least 4 members (excludes halogenated alkanes) is 17. The Morgan fingerprint density at radius 2 is 1.06 bits per heavy atom. The summed E-state index contributed by atoms with van der Waals surface area (Å²) in [6.45, 7) is 4.49. The van der Waals surface area contributed by atoms with Crippen LogP contribution in [-0.2, 0) is 9.53 Å². The molecule has 0 aliphatic rings. The van der Waals surface area contributed by atoms with Gasteiger partial charge >= 0.3 is 5.97 Å². The van der Waals surface area contributed by atoms with E-state index in [1.165, 1.54) is 103 Å². The molecule has 0 bridgehead atoms. The van der Waals surface area contributed by atoms with E-state index < -0.39 is 6.29 Å². The Hall–Kier alpha value is -0.830. The van der Waals surface area contributed by atoms with Crippen molar-refractivity contribution in [3.05, 3.63) is 12.2 Å². The van der Waals surface area contributed by atoms with Crippen molar-refractivity contribution in [2.75, 3.05) is 0 Å². The van der Waals surface area contributed by atoms with Crippen molar-refractivity contribution in [2.45, 2.75) is 161 Å². The van der Waals surface area contributed by atoms with Gasteiger partial charge in [-0.05, 0) is 38.5 Å². The van der Waals surface area contributed by atoms with Gasteiger partial charge in [-0.3, -0.25) is 4.79 Å². The van der Waals surface area contributed by atoms with Crippen LogP contribution in [0.15, 0.2) is 12.2 Å². The van der Waals surface area contributed by atoms with E-state index in [1.807, 2.05) is 0 Å². The quantitative estimate of drug-likeness (QED) is 0.0707. The summed E-state index contributed by atoms with van der Waals surface area (Å²) in [5, 5.41) is 9.84.